The lowest BCUT2D eigenvalue weighted by Gasteiger charge is -2.20. The standard InChI is InChI=1S/C25H24N4O7/c1-13-5-19(30)23(25(33)29(13)4-3-15-10-26-11-27-15)16(8-22(31)34-2)17-6-14-7-20-21(36-12-35-20)9-18(14)28-24(17)32/h5-7,9-11,16,30H,3-4,8,12H2,1-2H3,(H,26,27)(H,28,32)/t16-/m1/s1. The van der Waals surface area contributed by atoms with E-state index in [1.54, 1.807) is 37.6 Å². The van der Waals surface area contributed by atoms with E-state index in [4.69, 9.17) is 14.2 Å². The van der Waals surface area contributed by atoms with Gasteiger partial charge in [-0.2, -0.15) is 0 Å². The molecule has 3 N–H and O–H groups in total. The number of pyridine rings is 2. The number of esters is 1. The first-order chi connectivity index (χ1) is 17.4. The summed E-state index contributed by atoms with van der Waals surface area (Å²) in [4.78, 5) is 49.0. The Morgan fingerprint density at radius 3 is 2.72 bits per heavy atom. The van der Waals surface area contributed by atoms with Crippen molar-refractivity contribution in [3.05, 3.63) is 80.0 Å². The number of carbonyl (C=O) groups excluding carboxylic acids is 1. The number of nitrogens with one attached hydrogen (secondary N) is 2. The quantitative estimate of drug-likeness (QED) is 0.332. The van der Waals surface area contributed by atoms with Crippen LogP contribution in [0, 0.1) is 6.92 Å². The highest BCUT2D eigenvalue weighted by Gasteiger charge is 2.29. The topological polar surface area (TPSA) is 149 Å². The molecule has 3 aromatic heterocycles. The number of hydrogen-bond donors (Lipinski definition) is 3. The molecule has 5 rings (SSSR count). The maximum atomic E-state index is 13.7. The molecule has 1 aromatic carbocycles. The molecule has 0 saturated carbocycles. The fourth-order valence-electron chi connectivity index (χ4n) is 4.52. The third-order valence-electron chi connectivity index (χ3n) is 6.37. The summed E-state index contributed by atoms with van der Waals surface area (Å²) in [6.45, 7) is 2.09. The fourth-order valence-corrected chi connectivity index (χ4v) is 4.52. The van der Waals surface area contributed by atoms with Crippen LogP contribution < -0.4 is 20.6 Å². The Morgan fingerprint density at radius 1 is 1.22 bits per heavy atom. The van der Waals surface area contributed by atoms with Crippen molar-refractivity contribution in [2.45, 2.75) is 32.2 Å². The number of ether oxygens (including phenoxy) is 3. The van der Waals surface area contributed by atoms with Gasteiger partial charge in [-0.05, 0) is 25.1 Å². The molecule has 1 aliphatic rings. The molecule has 36 heavy (non-hydrogen) atoms. The second-order valence-electron chi connectivity index (χ2n) is 8.55. The number of aromatic nitrogens is 4. The largest absolute Gasteiger partial charge is 0.507 e. The number of aryl methyl sites for hydroxylation is 2. The highest BCUT2D eigenvalue weighted by molar-refractivity contribution is 5.84. The van der Waals surface area contributed by atoms with Crippen LogP contribution in [0.4, 0.5) is 0 Å². The molecule has 0 aliphatic carbocycles. The summed E-state index contributed by atoms with van der Waals surface area (Å²) in [6.07, 6.45) is 3.40. The van der Waals surface area contributed by atoms with E-state index in [1.165, 1.54) is 17.7 Å². The molecular formula is C25H24N4O7. The average Bonchev–Trinajstić information content (AvgIpc) is 3.53. The lowest BCUT2D eigenvalue weighted by atomic mass is 9.88. The lowest BCUT2D eigenvalue weighted by Crippen LogP contribution is -2.31. The van der Waals surface area contributed by atoms with Gasteiger partial charge in [0.15, 0.2) is 11.5 Å². The molecular weight excluding hydrogens is 468 g/mol. The van der Waals surface area contributed by atoms with Gasteiger partial charge in [-0.3, -0.25) is 14.4 Å². The summed E-state index contributed by atoms with van der Waals surface area (Å²) < 4.78 is 17.2. The number of rotatable bonds is 7. The zero-order valence-electron chi connectivity index (χ0n) is 19.7. The van der Waals surface area contributed by atoms with Crippen molar-refractivity contribution in [3.63, 3.8) is 0 Å². The van der Waals surface area contributed by atoms with E-state index >= 15 is 0 Å². The molecule has 4 heterocycles. The molecule has 1 atom stereocenters. The van der Waals surface area contributed by atoms with E-state index < -0.39 is 23.0 Å². The Labute approximate surface area is 204 Å². The van der Waals surface area contributed by atoms with E-state index in [0.717, 1.165) is 5.69 Å². The number of H-pyrrole nitrogens is 2. The van der Waals surface area contributed by atoms with Crippen LogP contribution in [-0.2, 0) is 22.5 Å². The van der Waals surface area contributed by atoms with Gasteiger partial charge in [0.1, 0.15) is 5.75 Å². The van der Waals surface area contributed by atoms with Gasteiger partial charge in [-0.1, -0.05) is 0 Å². The van der Waals surface area contributed by atoms with Crippen LogP contribution >= 0.6 is 0 Å². The van der Waals surface area contributed by atoms with E-state index in [-0.39, 0.29) is 30.1 Å². The maximum Gasteiger partial charge on any atom is 0.306 e. The predicted octanol–water partition coefficient (Wildman–Crippen LogP) is 2.09. The van der Waals surface area contributed by atoms with Crippen LogP contribution in [0.25, 0.3) is 10.9 Å². The number of imidazole rings is 1. The molecule has 0 spiro atoms. The minimum Gasteiger partial charge on any atom is -0.507 e. The van der Waals surface area contributed by atoms with Crippen LogP contribution in [0.5, 0.6) is 17.2 Å². The zero-order chi connectivity index (χ0) is 25.4. The first-order valence-electron chi connectivity index (χ1n) is 11.3. The van der Waals surface area contributed by atoms with Gasteiger partial charge < -0.3 is 33.9 Å². The summed E-state index contributed by atoms with van der Waals surface area (Å²) in [7, 11) is 1.22. The second kappa shape index (κ2) is 9.25. The van der Waals surface area contributed by atoms with Crippen molar-refractivity contribution in [2.75, 3.05) is 13.9 Å². The summed E-state index contributed by atoms with van der Waals surface area (Å²) >= 11 is 0. The Bertz CT molecular complexity index is 1570. The molecule has 11 nitrogen and oxygen atoms in total. The molecule has 0 bridgehead atoms. The Hall–Kier alpha value is -4.54. The maximum absolute atomic E-state index is 13.7. The molecule has 11 heteroatoms. The van der Waals surface area contributed by atoms with Crippen LogP contribution in [0.3, 0.4) is 0 Å². The third kappa shape index (κ3) is 4.19. The summed E-state index contributed by atoms with van der Waals surface area (Å²) in [5.41, 5.74) is 0.980. The van der Waals surface area contributed by atoms with E-state index in [1.807, 2.05) is 0 Å². The zero-order valence-corrected chi connectivity index (χ0v) is 19.7. The number of carbonyl (C=O) groups is 1. The molecule has 0 amide bonds. The van der Waals surface area contributed by atoms with Crippen molar-refractivity contribution >= 4 is 16.9 Å². The molecule has 0 unspecified atom stereocenters. The smallest absolute Gasteiger partial charge is 0.306 e. The number of methoxy groups -OCH3 is 1. The summed E-state index contributed by atoms with van der Waals surface area (Å²) in [6, 6.07) is 6.42. The van der Waals surface area contributed by atoms with E-state index in [2.05, 4.69) is 15.0 Å². The Balaban J connectivity index is 1.65. The summed E-state index contributed by atoms with van der Waals surface area (Å²) in [5, 5.41) is 11.5. The fraction of sp³-hybridized carbons (Fsp3) is 0.280. The number of benzene rings is 1. The molecule has 1 aliphatic heterocycles. The number of aromatic hydroxyl groups is 1. The van der Waals surface area contributed by atoms with Crippen molar-refractivity contribution in [3.8, 4) is 17.2 Å². The molecule has 0 fully saturated rings. The monoisotopic (exact) mass is 492 g/mol. The van der Waals surface area contributed by atoms with Crippen LogP contribution in [0.1, 0.15) is 34.9 Å². The third-order valence-corrected chi connectivity index (χ3v) is 6.37. The SMILES string of the molecule is COC(=O)C[C@H](c1cc2cc3c(cc2[nH]c1=O)OCO3)c1c(O)cc(C)n(CCc2cnc[nH]2)c1=O. The van der Waals surface area contributed by atoms with Gasteiger partial charge in [-0.15, -0.1) is 0 Å². The van der Waals surface area contributed by atoms with Crippen LogP contribution in [0.15, 0.2) is 46.4 Å². The highest BCUT2D eigenvalue weighted by Crippen LogP contribution is 2.37. The summed E-state index contributed by atoms with van der Waals surface area (Å²) in [5.74, 6) is -0.955. The van der Waals surface area contributed by atoms with E-state index in [0.29, 0.717) is 41.1 Å². The first kappa shape index (κ1) is 23.2. The lowest BCUT2D eigenvalue weighted by molar-refractivity contribution is -0.140. The minimum absolute atomic E-state index is 0.0544. The average molecular weight is 492 g/mol. The molecule has 0 radical (unpaired) electrons. The number of aromatic amines is 2. The molecule has 4 aromatic rings. The van der Waals surface area contributed by atoms with Gasteiger partial charge in [-0.25, -0.2) is 4.98 Å². The first-order valence-corrected chi connectivity index (χ1v) is 11.3. The molecule has 186 valence electrons. The van der Waals surface area contributed by atoms with Gasteiger partial charge in [0.25, 0.3) is 11.1 Å². The number of hydrogen-bond acceptors (Lipinski definition) is 8. The van der Waals surface area contributed by atoms with Crippen molar-refractivity contribution in [1.82, 2.24) is 19.5 Å². The van der Waals surface area contributed by atoms with Gasteiger partial charge in [0, 0.05) is 53.5 Å². The van der Waals surface area contributed by atoms with Crippen LogP contribution in [0.2, 0.25) is 0 Å². The number of nitrogens with zero attached hydrogens (tertiary/aromatic N) is 2. The minimum atomic E-state index is -1.05. The second-order valence-corrected chi connectivity index (χ2v) is 8.55. The van der Waals surface area contributed by atoms with Crippen molar-refractivity contribution in [1.29, 1.82) is 0 Å². The Morgan fingerprint density at radius 2 is 2.00 bits per heavy atom. The molecule has 0 saturated heterocycles. The normalized spacial score (nSPS) is 13.2. The van der Waals surface area contributed by atoms with E-state index in [9.17, 15) is 19.5 Å². The van der Waals surface area contributed by atoms with Crippen molar-refractivity contribution < 1.29 is 24.1 Å². The Kier molecular flexibility index (Phi) is 5.96. The number of fused-ring (bicyclic) bond motifs is 2. The highest BCUT2D eigenvalue weighted by atomic mass is 16.7. The van der Waals surface area contributed by atoms with Crippen molar-refractivity contribution in [2.24, 2.45) is 0 Å². The predicted molar refractivity (Wildman–Crippen MR) is 129 cm³/mol. The van der Waals surface area contributed by atoms with Gasteiger partial charge in [0.2, 0.25) is 6.79 Å². The van der Waals surface area contributed by atoms with Gasteiger partial charge in [0.05, 0.1) is 30.9 Å². The van der Waals surface area contributed by atoms with Crippen LogP contribution in [-0.4, -0.2) is 44.5 Å². The van der Waals surface area contributed by atoms with Gasteiger partial charge >= 0.3 is 5.97 Å².